The minimum absolute atomic E-state index is 0.0101. The van der Waals surface area contributed by atoms with E-state index >= 15 is 0 Å². The van der Waals surface area contributed by atoms with Crippen molar-refractivity contribution >= 4 is 17.6 Å². The van der Waals surface area contributed by atoms with Gasteiger partial charge in [0, 0.05) is 18.6 Å². The van der Waals surface area contributed by atoms with Gasteiger partial charge in [-0.25, -0.2) is 4.79 Å². The zero-order valence-electron chi connectivity index (χ0n) is 7.05. The van der Waals surface area contributed by atoms with E-state index in [0.29, 0.717) is 6.42 Å². The van der Waals surface area contributed by atoms with Crippen LogP contribution in [0.2, 0.25) is 0 Å². The van der Waals surface area contributed by atoms with Gasteiger partial charge in [-0.15, -0.1) is 11.6 Å². The van der Waals surface area contributed by atoms with Gasteiger partial charge in [0.15, 0.2) is 0 Å². The Hall–Kier alpha value is -0.540. The highest BCUT2D eigenvalue weighted by Gasteiger charge is 2.12. The normalized spacial score (nSPS) is 12.2. The van der Waals surface area contributed by atoms with E-state index in [1.54, 1.807) is 6.92 Å². The van der Waals surface area contributed by atoms with Crippen LogP contribution in [0.25, 0.3) is 0 Å². The van der Waals surface area contributed by atoms with Crippen LogP contribution in [0, 0.1) is 0 Å². The standard InChI is InChI=1S/C8H13ClO3/c1-6(7(2)9)8(11)12-5-3-4-10/h7,10H,1,3-5H2,2H3. The van der Waals surface area contributed by atoms with Crippen LogP contribution in [0.3, 0.4) is 0 Å². The van der Waals surface area contributed by atoms with Gasteiger partial charge in [-0.2, -0.15) is 0 Å². The number of rotatable bonds is 5. The summed E-state index contributed by atoms with van der Waals surface area (Å²) in [4.78, 5) is 11.0. The molecular formula is C8H13ClO3. The second-order valence-corrected chi connectivity index (χ2v) is 3.01. The molecule has 0 radical (unpaired) electrons. The SMILES string of the molecule is C=C(C(=O)OCCCO)C(C)Cl. The summed E-state index contributed by atoms with van der Waals surface area (Å²) >= 11 is 5.59. The third-order valence-corrected chi connectivity index (χ3v) is 1.54. The van der Waals surface area contributed by atoms with Crippen molar-refractivity contribution in [2.45, 2.75) is 18.7 Å². The van der Waals surface area contributed by atoms with Gasteiger partial charge < -0.3 is 9.84 Å². The lowest BCUT2D eigenvalue weighted by atomic mass is 10.2. The number of ether oxygens (including phenoxy) is 1. The van der Waals surface area contributed by atoms with Gasteiger partial charge in [-0.3, -0.25) is 0 Å². The Bertz CT molecular complexity index is 166. The molecule has 1 unspecified atom stereocenters. The summed E-state index contributed by atoms with van der Waals surface area (Å²) in [6.07, 6.45) is 0.440. The fourth-order valence-corrected chi connectivity index (χ4v) is 0.574. The maximum absolute atomic E-state index is 11.0. The van der Waals surface area contributed by atoms with Crippen molar-refractivity contribution in [3.63, 3.8) is 0 Å². The largest absolute Gasteiger partial charge is 0.462 e. The van der Waals surface area contributed by atoms with E-state index in [0.717, 1.165) is 0 Å². The zero-order chi connectivity index (χ0) is 9.56. The van der Waals surface area contributed by atoms with Crippen molar-refractivity contribution in [2.24, 2.45) is 0 Å². The van der Waals surface area contributed by atoms with Crippen LogP contribution in [0.15, 0.2) is 12.2 Å². The number of carbonyl (C=O) groups is 1. The van der Waals surface area contributed by atoms with E-state index in [1.807, 2.05) is 0 Å². The highest BCUT2D eigenvalue weighted by atomic mass is 35.5. The van der Waals surface area contributed by atoms with Crippen LogP contribution in [0.4, 0.5) is 0 Å². The fraction of sp³-hybridized carbons (Fsp3) is 0.625. The molecule has 0 rings (SSSR count). The molecule has 0 aromatic heterocycles. The first-order chi connectivity index (χ1) is 5.59. The van der Waals surface area contributed by atoms with E-state index < -0.39 is 11.3 Å². The van der Waals surface area contributed by atoms with Crippen molar-refractivity contribution in [2.75, 3.05) is 13.2 Å². The number of carbonyl (C=O) groups excluding carboxylic acids is 1. The van der Waals surface area contributed by atoms with E-state index in [-0.39, 0.29) is 18.8 Å². The third kappa shape index (κ3) is 4.36. The highest BCUT2D eigenvalue weighted by molar-refractivity contribution is 6.24. The Morgan fingerprint density at radius 1 is 1.75 bits per heavy atom. The molecule has 3 nitrogen and oxygen atoms in total. The summed E-state index contributed by atoms with van der Waals surface area (Å²) in [6.45, 7) is 5.33. The number of aliphatic hydroxyl groups is 1. The van der Waals surface area contributed by atoms with Crippen molar-refractivity contribution in [1.29, 1.82) is 0 Å². The summed E-state index contributed by atoms with van der Waals surface area (Å²) in [5.74, 6) is -0.494. The molecule has 0 bridgehead atoms. The molecule has 0 amide bonds. The minimum atomic E-state index is -0.494. The summed E-state index contributed by atoms with van der Waals surface area (Å²) < 4.78 is 4.72. The molecule has 0 aromatic rings. The van der Waals surface area contributed by atoms with Gasteiger partial charge in [0.05, 0.1) is 12.0 Å². The summed E-state index contributed by atoms with van der Waals surface area (Å²) in [7, 11) is 0. The van der Waals surface area contributed by atoms with Crippen LogP contribution in [0.1, 0.15) is 13.3 Å². The number of hydrogen-bond acceptors (Lipinski definition) is 3. The maximum Gasteiger partial charge on any atom is 0.334 e. The highest BCUT2D eigenvalue weighted by Crippen LogP contribution is 2.08. The van der Waals surface area contributed by atoms with Crippen molar-refractivity contribution in [1.82, 2.24) is 0 Å². The van der Waals surface area contributed by atoms with Crippen LogP contribution in [-0.4, -0.2) is 29.7 Å². The number of esters is 1. The molecule has 0 aromatic carbocycles. The quantitative estimate of drug-likeness (QED) is 0.307. The van der Waals surface area contributed by atoms with Crippen LogP contribution in [-0.2, 0) is 9.53 Å². The molecule has 0 aliphatic rings. The Balaban J connectivity index is 3.65. The molecule has 0 saturated heterocycles. The average Bonchev–Trinajstić information content (AvgIpc) is 2.03. The topological polar surface area (TPSA) is 46.5 Å². The summed E-state index contributed by atoms with van der Waals surface area (Å²) in [5.41, 5.74) is 0.245. The van der Waals surface area contributed by atoms with Gasteiger partial charge in [-0.1, -0.05) is 6.58 Å². The lowest BCUT2D eigenvalue weighted by molar-refractivity contribution is -0.139. The zero-order valence-corrected chi connectivity index (χ0v) is 7.80. The molecule has 12 heavy (non-hydrogen) atoms. The number of halogens is 1. The lowest BCUT2D eigenvalue weighted by Gasteiger charge is -2.06. The monoisotopic (exact) mass is 192 g/mol. The smallest absolute Gasteiger partial charge is 0.334 e. The molecular weight excluding hydrogens is 180 g/mol. The first kappa shape index (κ1) is 11.5. The summed E-state index contributed by atoms with van der Waals surface area (Å²) in [6, 6.07) is 0. The van der Waals surface area contributed by atoms with E-state index in [2.05, 4.69) is 6.58 Å². The first-order valence-corrected chi connectivity index (χ1v) is 4.14. The van der Waals surface area contributed by atoms with Gasteiger partial charge in [-0.05, 0) is 6.92 Å². The predicted molar refractivity (Wildman–Crippen MR) is 47.1 cm³/mol. The number of alkyl halides is 1. The Morgan fingerprint density at radius 3 is 2.75 bits per heavy atom. The molecule has 0 aliphatic carbocycles. The first-order valence-electron chi connectivity index (χ1n) is 3.70. The molecule has 70 valence electrons. The van der Waals surface area contributed by atoms with Gasteiger partial charge in [0.2, 0.25) is 0 Å². The Labute approximate surface area is 77.0 Å². The van der Waals surface area contributed by atoms with Gasteiger partial charge in [0.25, 0.3) is 0 Å². The van der Waals surface area contributed by atoms with Crippen LogP contribution in [0.5, 0.6) is 0 Å². The van der Waals surface area contributed by atoms with E-state index in [1.165, 1.54) is 0 Å². The molecule has 0 saturated carbocycles. The molecule has 0 spiro atoms. The third-order valence-electron chi connectivity index (χ3n) is 1.28. The molecule has 1 N–H and O–H groups in total. The van der Waals surface area contributed by atoms with Crippen molar-refractivity contribution in [3.05, 3.63) is 12.2 Å². The minimum Gasteiger partial charge on any atom is -0.462 e. The predicted octanol–water partition coefficient (Wildman–Crippen LogP) is 1.10. The second kappa shape index (κ2) is 6.03. The van der Waals surface area contributed by atoms with Crippen LogP contribution >= 0.6 is 11.6 Å². The molecule has 0 aliphatic heterocycles. The second-order valence-electron chi connectivity index (χ2n) is 2.35. The summed E-state index contributed by atoms with van der Waals surface area (Å²) in [5, 5.41) is 7.98. The molecule has 0 heterocycles. The lowest BCUT2D eigenvalue weighted by Crippen LogP contribution is -2.14. The van der Waals surface area contributed by atoms with Gasteiger partial charge >= 0.3 is 5.97 Å². The van der Waals surface area contributed by atoms with Crippen molar-refractivity contribution < 1.29 is 14.6 Å². The molecule has 4 heteroatoms. The van der Waals surface area contributed by atoms with Crippen molar-refractivity contribution in [3.8, 4) is 0 Å². The van der Waals surface area contributed by atoms with Gasteiger partial charge in [0.1, 0.15) is 0 Å². The molecule has 0 fully saturated rings. The Morgan fingerprint density at radius 2 is 2.33 bits per heavy atom. The maximum atomic E-state index is 11.0. The molecule has 1 atom stereocenters. The van der Waals surface area contributed by atoms with E-state index in [4.69, 9.17) is 21.4 Å². The van der Waals surface area contributed by atoms with E-state index in [9.17, 15) is 4.79 Å². The fourth-order valence-electron chi connectivity index (χ4n) is 0.485. The number of hydrogen-bond donors (Lipinski definition) is 1. The number of aliphatic hydroxyl groups excluding tert-OH is 1. The van der Waals surface area contributed by atoms with Crippen LogP contribution < -0.4 is 0 Å². The Kier molecular flexibility index (Phi) is 5.76. The average molecular weight is 193 g/mol.